The van der Waals surface area contributed by atoms with Crippen molar-refractivity contribution in [2.24, 2.45) is 0 Å². The third-order valence-electron chi connectivity index (χ3n) is 9.77. The highest BCUT2D eigenvalue weighted by atomic mass is 31.1. The molecule has 0 bridgehead atoms. The van der Waals surface area contributed by atoms with Gasteiger partial charge in [0, 0.05) is 35.3 Å². The van der Waals surface area contributed by atoms with Gasteiger partial charge < -0.3 is 28.4 Å². The van der Waals surface area contributed by atoms with E-state index in [4.69, 9.17) is 28.4 Å². The summed E-state index contributed by atoms with van der Waals surface area (Å²) in [6, 6.07) is 34.8. The van der Waals surface area contributed by atoms with E-state index < -0.39 is 7.92 Å². The summed E-state index contributed by atoms with van der Waals surface area (Å²) in [5.41, 5.74) is 5.19. The second kappa shape index (κ2) is 18.5. The molecule has 7 nitrogen and oxygen atoms in total. The van der Waals surface area contributed by atoms with E-state index in [-0.39, 0.29) is 41.5 Å². The number of methoxy groups -OCH3 is 2. The van der Waals surface area contributed by atoms with Crippen LogP contribution in [0.2, 0.25) is 0 Å². The van der Waals surface area contributed by atoms with Crippen molar-refractivity contribution in [3.05, 3.63) is 114 Å². The zero-order valence-corrected chi connectivity index (χ0v) is 35.9. The second-order valence-electron chi connectivity index (χ2n) is 15.5. The molecule has 0 radical (unpaired) electrons. The van der Waals surface area contributed by atoms with E-state index in [2.05, 4.69) is 30.3 Å². The number of carbonyl (C=O) groups is 1. The molecule has 1 aliphatic heterocycles. The van der Waals surface area contributed by atoms with Gasteiger partial charge in [0.25, 0.3) is 0 Å². The highest BCUT2D eigenvalue weighted by Crippen LogP contribution is 2.70. The van der Waals surface area contributed by atoms with Crippen LogP contribution in [0.15, 0.2) is 103 Å². The molecule has 6 rings (SSSR count). The van der Waals surface area contributed by atoms with Crippen molar-refractivity contribution in [1.29, 1.82) is 0 Å². The average molecular weight is 789 g/mol. The quantitative estimate of drug-likeness (QED) is 0.0978. The van der Waals surface area contributed by atoms with Crippen molar-refractivity contribution in [1.82, 2.24) is 0 Å². The maximum Gasteiger partial charge on any atom is 0.134 e. The van der Waals surface area contributed by atoms with Gasteiger partial charge in [-0.05, 0) is 108 Å². The molecule has 57 heavy (non-hydrogen) atoms. The Morgan fingerprint density at radius 2 is 0.772 bits per heavy atom. The second-order valence-corrected chi connectivity index (χ2v) is 18.0. The predicted molar refractivity (Wildman–Crippen MR) is 233 cm³/mol. The molecule has 0 N–H and O–H groups in total. The lowest BCUT2D eigenvalue weighted by atomic mass is 9.95. The van der Waals surface area contributed by atoms with Gasteiger partial charge >= 0.3 is 0 Å². The minimum atomic E-state index is -1.34. The molecule has 0 saturated carbocycles. The Hall–Kier alpha value is -5.00. The van der Waals surface area contributed by atoms with Gasteiger partial charge in [-0.25, -0.2) is 0 Å². The van der Waals surface area contributed by atoms with Crippen LogP contribution in [0.1, 0.15) is 90.7 Å². The van der Waals surface area contributed by atoms with E-state index in [1.165, 1.54) is 0 Å². The summed E-state index contributed by atoms with van der Waals surface area (Å²) in [6.45, 7) is 16.3. The number of para-hydroxylation sites is 2. The molecule has 1 fully saturated rings. The summed E-state index contributed by atoms with van der Waals surface area (Å²) in [5, 5.41) is 1.09. The van der Waals surface area contributed by atoms with Crippen molar-refractivity contribution in [2.45, 2.75) is 104 Å². The van der Waals surface area contributed by atoms with Gasteiger partial charge in [0.2, 0.25) is 0 Å². The van der Waals surface area contributed by atoms with Crippen LogP contribution in [0.3, 0.4) is 0 Å². The van der Waals surface area contributed by atoms with Gasteiger partial charge in [0.1, 0.15) is 40.3 Å². The zero-order chi connectivity index (χ0) is 40.8. The summed E-state index contributed by atoms with van der Waals surface area (Å²) in [4.78, 5) is 14.3. The predicted octanol–water partition coefficient (Wildman–Crippen LogP) is 12.1. The first-order valence-corrected chi connectivity index (χ1v) is 21.5. The monoisotopic (exact) mass is 788 g/mol. The lowest BCUT2D eigenvalue weighted by Gasteiger charge is -2.42. The minimum absolute atomic E-state index is 0.100. The smallest absolute Gasteiger partial charge is 0.134 e. The average Bonchev–Trinajstić information content (AvgIpc) is 3.17. The Labute approximate surface area is 340 Å². The summed E-state index contributed by atoms with van der Waals surface area (Å²) in [5.74, 6) is 4.58. The maximum atomic E-state index is 14.3. The van der Waals surface area contributed by atoms with Crippen molar-refractivity contribution in [3.63, 3.8) is 0 Å². The lowest BCUT2D eigenvalue weighted by Crippen LogP contribution is -2.27. The van der Waals surface area contributed by atoms with Crippen LogP contribution in [0.5, 0.6) is 34.5 Å². The Bertz CT molecular complexity index is 1950. The van der Waals surface area contributed by atoms with Crippen LogP contribution in [0.4, 0.5) is 0 Å². The van der Waals surface area contributed by atoms with E-state index >= 15 is 0 Å². The van der Waals surface area contributed by atoms with Gasteiger partial charge in [-0.15, -0.1) is 0 Å². The highest BCUT2D eigenvalue weighted by molar-refractivity contribution is 7.67. The van der Waals surface area contributed by atoms with E-state index in [1.807, 2.05) is 128 Å². The van der Waals surface area contributed by atoms with E-state index in [0.717, 1.165) is 73.2 Å². The molecule has 300 valence electrons. The highest BCUT2D eigenvalue weighted by Gasteiger charge is 2.44. The number of rotatable bonds is 15. The molecule has 2 atom stereocenters. The fourth-order valence-electron chi connectivity index (χ4n) is 7.83. The summed E-state index contributed by atoms with van der Waals surface area (Å²) < 4.78 is 38.8. The normalized spacial score (nSPS) is 16.9. The van der Waals surface area contributed by atoms with Crippen molar-refractivity contribution in [3.8, 4) is 56.8 Å². The number of Topliss-reactive ketones (excluding diaryl/α,β-unsaturated/α-hetero) is 1. The molecule has 0 aliphatic carbocycles. The third-order valence-corrected chi connectivity index (χ3v) is 13.0. The van der Waals surface area contributed by atoms with E-state index in [9.17, 15) is 4.79 Å². The molecule has 1 saturated heterocycles. The number of carbonyl (C=O) groups excluding carboxylic acids is 1. The van der Waals surface area contributed by atoms with Crippen LogP contribution in [-0.4, -0.2) is 44.4 Å². The van der Waals surface area contributed by atoms with Gasteiger partial charge in [0.15, 0.2) is 0 Å². The van der Waals surface area contributed by atoms with Crippen LogP contribution >= 0.6 is 7.92 Å². The molecule has 2 unspecified atom stereocenters. The molecule has 0 amide bonds. The van der Waals surface area contributed by atoms with E-state index in [1.54, 1.807) is 14.2 Å². The van der Waals surface area contributed by atoms with Gasteiger partial charge in [0.05, 0.1) is 49.8 Å². The first-order valence-electron chi connectivity index (χ1n) is 20.0. The fourth-order valence-corrected chi connectivity index (χ4v) is 11.6. The third kappa shape index (κ3) is 9.26. The number of hydrogen-bond acceptors (Lipinski definition) is 7. The number of benzene rings is 5. The van der Waals surface area contributed by atoms with Crippen LogP contribution < -0.4 is 33.7 Å². The Morgan fingerprint density at radius 1 is 0.456 bits per heavy atom. The Balaban J connectivity index is 1.83. The summed E-state index contributed by atoms with van der Waals surface area (Å²) >= 11 is 0. The Kier molecular flexibility index (Phi) is 13.5. The van der Waals surface area contributed by atoms with Crippen molar-refractivity contribution in [2.75, 3.05) is 14.2 Å². The SMILES string of the molecule is COc1ccccc1C1CC(=O)CC(c2ccccc2OC)P1c1c(-c2c(OC(C)C)cccc2OC(C)C)cccc1-c1c(OC(C)C)cccc1OC(C)C. The molecule has 5 aromatic rings. The topological polar surface area (TPSA) is 72.5 Å². The molecular weight excluding hydrogens is 732 g/mol. The van der Waals surface area contributed by atoms with Crippen LogP contribution in [0, 0.1) is 0 Å². The molecular formula is C49H57O7P. The number of hydrogen-bond donors (Lipinski definition) is 0. The standard InChI is InChI=1S/C49H57O7P/c1-30(2)53-41-24-16-25-42(54-31(3)4)47(41)37-20-15-21-38(48-43(55-32(5)6)26-17-27-44(48)56-33(7)8)49(37)57-45(35-18-11-13-22-39(35)51-9)28-34(50)29-46(57)36-19-12-14-23-40(36)52-10/h11-27,30-33,45-46H,28-29H2,1-10H3. The first-order chi connectivity index (χ1) is 27.4. The van der Waals surface area contributed by atoms with Crippen molar-refractivity contribution < 1.29 is 33.2 Å². The van der Waals surface area contributed by atoms with Crippen LogP contribution in [-0.2, 0) is 4.79 Å². The molecule has 1 heterocycles. The number of ether oxygens (including phenoxy) is 6. The van der Waals surface area contributed by atoms with Crippen molar-refractivity contribution >= 4 is 19.0 Å². The van der Waals surface area contributed by atoms with Gasteiger partial charge in [-0.3, -0.25) is 4.79 Å². The minimum Gasteiger partial charge on any atom is -0.496 e. The van der Waals surface area contributed by atoms with Gasteiger partial charge in [-0.1, -0.05) is 74.7 Å². The van der Waals surface area contributed by atoms with Gasteiger partial charge in [-0.2, -0.15) is 0 Å². The molecule has 8 heteroatoms. The zero-order valence-electron chi connectivity index (χ0n) is 35.0. The maximum absolute atomic E-state index is 14.3. The molecule has 0 aromatic heterocycles. The largest absolute Gasteiger partial charge is 0.496 e. The van der Waals surface area contributed by atoms with E-state index in [0.29, 0.717) is 12.8 Å². The molecule has 0 spiro atoms. The molecule has 5 aromatic carbocycles. The van der Waals surface area contributed by atoms with Crippen LogP contribution in [0.25, 0.3) is 22.3 Å². The summed E-state index contributed by atoms with van der Waals surface area (Å²) in [6.07, 6.45) is 0.302. The lowest BCUT2D eigenvalue weighted by molar-refractivity contribution is -0.119. The number of ketones is 1. The molecule has 1 aliphatic rings. The Morgan fingerprint density at radius 3 is 1.11 bits per heavy atom. The first kappa shape index (κ1) is 41.6. The summed E-state index contributed by atoms with van der Waals surface area (Å²) in [7, 11) is 2.06. The fraction of sp³-hybridized carbons (Fsp3) is 0.367.